The zero-order valence-electron chi connectivity index (χ0n) is 22.3. The second kappa shape index (κ2) is 12.7. The number of rotatable bonds is 12. The molecular formula is C24H33N3O10. The summed E-state index contributed by atoms with van der Waals surface area (Å²) in [6, 6.07) is 1.21. The average molecular weight is 524 g/mol. The van der Waals surface area contributed by atoms with Crippen LogP contribution in [0.25, 0.3) is 5.70 Å². The van der Waals surface area contributed by atoms with Crippen LogP contribution in [0.15, 0.2) is 17.2 Å². The molecule has 0 aliphatic heterocycles. The molecule has 1 aliphatic rings. The van der Waals surface area contributed by atoms with Gasteiger partial charge in [-0.1, -0.05) is 0 Å². The van der Waals surface area contributed by atoms with E-state index in [1.165, 1.54) is 47.5 Å². The van der Waals surface area contributed by atoms with E-state index in [9.17, 15) is 14.4 Å². The average Bonchev–Trinajstić information content (AvgIpc) is 2.91. The Morgan fingerprint density at radius 2 is 1.59 bits per heavy atom. The molecule has 1 aliphatic carbocycles. The molecule has 204 valence electrons. The van der Waals surface area contributed by atoms with Gasteiger partial charge >= 0.3 is 17.9 Å². The lowest BCUT2D eigenvalue weighted by Gasteiger charge is -2.48. The van der Waals surface area contributed by atoms with E-state index >= 15 is 0 Å². The van der Waals surface area contributed by atoms with Gasteiger partial charge < -0.3 is 33.2 Å². The highest BCUT2D eigenvalue weighted by Gasteiger charge is 2.61. The second-order valence-corrected chi connectivity index (χ2v) is 7.41. The standard InChI is InChI=1S/C24H33N3O10/c1-9-35-20(28)14(4)26-27-17-13-23(33-7,36-10-2)24(34-8,37-11-3)19-18(17)15(21(29)31-5)12-16(25-19)22(30)32-6/h12-13,27H,9-11H2,1-8H3/b26-14-. The molecule has 1 N–H and O–H groups in total. The molecule has 2 rings (SSSR count). The molecule has 0 amide bonds. The molecule has 0 aromatic carbocycles. The Morgan fingerprint density at radius 1 is 0.946 bits per heavy atom. The van der Waals surface area contributed by atoms with Gasteiger partial charge in [-0.15, -0.1) is 0 Å². The van der Waals surface area contributed by atoms with Crippen LogP contribution < -0.4 is 5.43 Å². The number of hydrogen-bond donors (Lipinski definition) is 1. The van der Waals surface area contributed by atoms with Gasteiger partial charge in [0.1, 0.15) is 17.1 Å². The zero-order valence-corrected chi connectivity index (χ0v) is 22.3. The number of carbonyl (C=O) groups excluding carboxylic acids is 3. The summed E-state index contributed by atoms with van der Waals surface area (Å²) >= 11 is 0. The highest BCUT2D eigenvalue weighted by molar-refractivity contribution is 6.35. The Hall–Kier alpha value is -3.39. The number of pyridine rings is 1. The fourth-order valence-electron chi connectivity index (χ4n) is 3.85. The number of methoxy groups -OCH3 is 4. The summed E-state index contributed by atoms with van der Waals surface area (Å²) < 4.78 is 38.5. The minimum Gasteiger partial charge on any atom is -0.465 e. The smallest absolute Gasteiger partial charge is 0.356 e. The number of carbonyl (C=O) groups is 3. The summed E-state index contributed by atoms with van der Waals surface area (Å²) in [5.74, 6) is -5.97. The second-order valence-electron chi connectivity index (χ2n) is 7.41. The van der Waals surface area contributed by atoms with Crippen molar-refractivity contribution in [3.63, 3.8) is 0 Å². The van der Waals surface area contributed by atoms with Gasteiger partial charge in [0.2, 0.25) is 0 Å². The number of aromatic nitrogens is 1. The predicted octanol–water partition coefficient (Wildman–Crippen LogP) is 1.75. The van der Waals surface area contributed by atoms with Crippen molar-refractivity contribution >= 4 is 29.3 Å². The normalized spacial score (nSPS) is 21.0. The van der Waals surface area contributed by atoms with Crippen molar-refractivity contribution in [1.82, 2.24) is 10.4 Å². The fraction of sp³-hybridized carbons (Fsp3) is 0.542. The largest absolute Gasteiger partial charge is 0.465 e. The van der Waals surface area contributed by atoms with Crippen molar-refractivity contribution in [2.75, 3.05) is 48.3 Å². The highest BCUT2D eigenvalue weighted by atomic mass is 16.8. The minimum atomic E-state index is -1.90. The topological polar surface area (TPSA) is 153 Å². The number of fused-ring (bicyclic) bond motifs is 1. The molecule has 1 heterocycles. The lowest BCUT2D eigenvalue weighted by atomic mass is 9.85. The predicted molar refractivity (Wildman–Crippen MR) is 129 cm³/mol. The third kappa shape index (κ3) is 5.49. The van der Waals surface area contributed by atoms with Crippen molar-refractivity contribution in [2.45, 2.75) is 39.3 Å². The van der Waals surface area contributed by atoms with Crippen LogP contribution in [0.2, 0.25) is 0 Å². The summed E-state index contributed by atoms with van der Waals surface area (Å²) in [6.07, 6.45) is 1.45. The van der Waals surface area contributed by atoms with E-state index in [0.717, 1.165) is 0 Å². The molecule has 37 heavy (non-hydrogen) atoms. The first-order chi connectivity index (χ1) is 17.6. The van der Waals surface area contributed by atoms with Crippen molar-refractivity contribution in [3.05, 3.63) is 34.7 Å². The molecule has 0 spiro atoms. The summed E-state index contributed by atoms with van der Waals surface area (Å²) in [5.41, 5.74) is 2.64. The maximum absolute atomic E-state index is 12.9. The quantitative estimate of drug-likeness (QED) is 0.140. The Labute approximate surface area is 215 Å². The third-order valence-corrected chi connectivity index (χ3v) is 5.41. The number of hydrogen-bond acceptors (Lipinski definition) is 13. The zero-order chi connectivity index (χ0) is 27.8. The van der Waals surface area contributed by atoms with Crippen LogP contribution in [0.3, 0.4) is 0 Å². The Bertz CT molecular complexity index is 1090. The molecule has 0 fully saturated rings. The SMILES string of the molecule is CCOC(=O)/C(C)=N\NC1=CC(OC)(OCC)C(OC)(OCC)c2nc(C(=O)OC)cc(C(=O)OC)c21. The molecule has 0 saturated heterocycles. The van der Waals surface area contributed by atoms with Crippen LogP contribution in [0.1, 0.15) is 59.8 Å². The Balaban J connectivity index is 3.01. The molecule has 13 nitrogen and oxygen atoms in total. The summed E-state index contributed by atoms with van der Waals surface area (Å²) in [4.78, 5) is 42.0. The van der Waals surface area contributed by atoms with Gasteiger partial charge in [0.05, 0.1) is 32.1 Å². The maximum Gasteiger partial charge on any atom is 0.356 e. The first kappa shape index (κ1) is 29.8. The van der Waals surface area contributed by atoms with Crippen LogP contribution in [-0.4, -0.2) is 82.7 Å². The van der Waals surface area contributed by atoms with Crippen molar-refractivity contribution in [2.24, 2.45) is 5.10 Å². The van der Waals surface area contributed by atoms with Crippen LogP contribution in [0.4, 0.5) is 0 Å². The maximum atomic E-state index is 12.9. The molecule has 0 saturated carbocycles. The van der Waals surface area contributed by atoms with Gasteiger partial charge in [-0.05, 0) is 33.8 Å². The van der Waals surface area contributed by atoms with E-state index in [1.54, 1.807) is 20.8 Å². The van der Waals surface area contributed by atoms with Gasteiger partial charge in [-0.3, -0.25) is 5.43 Å². The molecule has 1 aromatic heterocycles. The van der Waals surface area contributed by atoms with Gasteiger partial charge in [0.15, 0.2) is 0 Å². The molecule has 0 radical (unpaired) electrons. The number of ether oxygens (including phenoxy) is 7. The highest BCUT2D eigenvalue weighted by Crippen LogP contribution is 2.49. The van der Waals surface area contributed by atoms with E-state index in [-0.39, 0.29) is 53.7 Å². The van der Waals surface area contributed by atoms with Crippen LogP contribution in [0, 0.1) is 0 Å². The van der Waals surface area contributed by atoms with E-state index < -0.39 is 29.5 Å². The molecular weight excluding hydrogens is 490 g/mol. The molecule has 0 bridgehead atoms. The molecule has 2 unspecified atom stereocenters. The van der Waals surface area contributed by atoms with Gasteiger partial charge in [0, 0.05) is 39.1 Å². The molecule has 1 aromatic rings. The first-order valence-corrected chi connectivity index (χ1v) is 11.5. The minimum absolute atomic E-state index is 0.00382. The monoisotopic (exact) mass is 523 g/mol. The van der Waals surface area contributed by atoms with E-state index in [2.05, 4.69) is 15.5 Å². The van der Waals surface area contributed by atoms with Gasteiger partial charge in [-0.2, -0.15) is 5.10 Å². The third-order valence-electron chi connectivity index (χ3n) is 5.41. The molecule has 2 atom stereocenters. The van der Waals surface area contributed by atoms with Crippen LogP contribution in [-0.2, 0) is 43.7 Å². The van der Waals surface area contributed by atoms with E-state index in [4.69, 9.17) is 33.2 Å². The van der Waals surface area contributed by atoms with E-state index in [1.807, 2.05) is 0 Å². The van der Waals surface area contributed by atoms with Crippen LogP contribution in [0.5, 0.6) is 0 Å². The number of nitrogens with zero attached hydrogens (tertiary/aromatic N) is 2. The number of nitrogens with one attached hydrogen (secondary N) is 1. The first-order valence-electron chi connectivity index (χ1n) is 11.5. The van der Waals surface area contributed by atoms with Gasteiger partial charge in [-0.25, -0.2) is 19.4 Å². The fourth-order valence-corrected chi connectivity index (χ4v) is 3.85. The van der Waals surface area contributed by atoms with Crippen molar-refractivity contribution in [1.29, 1.82) is 0 Å². The molecule has 13 heteroatoms. The van der Waals surface area contributed by atoms with Crippen molar-refractivity contribution < 1.29 is 47.5 Å². The Morgan fingerprint density at radius 3 is 2.11 bits per heavy atom. The number of hydrazone groups is 1. The summed E-state index contributed by atoms with van der Waals surface area (Å²) in [6.45, 7) is 6.94. The van der Waals surface area contributed by atoms with Crippen LogP contribution >= 0.6 is 0 Å². The number of esters is 3. The lowest BCUT2D eigenvalue weighted by Crippen LogP contribution is -2.60. The summed E-state index contributed by atoms with van der Waals surface area (Å²) in [5, 5.41) is 4.10. The van der Waals surface area contributed by atoms with E-state index in [0.29, 0.717) is 0 Å². The van der Waals surface area contributed by atoms with Crippen molar-refractivity contribution in [3.8, 4) is 0 Å². The van der Waals surface area contributed by atoms with Gasteiger partial charge in [0.25, 0.3) is 11.6 Å². The summed E-state index contributed by atoms with van der Waals surface area (Å²) in [7, 11) is 5.06. The Kier molecular flexibility index (Phi) is 10.3. The lowest BCUT2D eigenvalue weighted by molar-refractivity contribution is -0.389.